The predicted molar refractivity (Wildman–Crippen MR) is 71.7 cm³/mol. The van der Waals surface area contributed by atoms with Crippen LogP contribution in [0.3, 0.4) is 0 Å². The normalized spacial score (nSPS) is 15.4. The van der Waals surface area contributed by atoms with Crippen molar-refractivity contribution in [2.75, 3.05) is 0 Å². The molecule has 92 valence electrons. The summed E-state index contributed by atoms with van der Waals surface area (Å²) in [5.41, 5.74) is 0.0773. The number of benzene rings is 2. The van der Waals surface area contributed by atoms with E-state index in [-0.39, 0.29) is 29.6 Å². The Hall–Kier alpha value is -1.96. The van der Waals surface area contributed by atoms with E-state index in [1.54, 1.807) is 12.1 Å². The highest BCUT2D eigenvalue weighted by molar-refractivity contribution is 5.55. The van der Waals surface area contributed by atoms with E-state index in [9.17, 15) is 0 Å². The Morgan fingerprint density at radius 2 is 1.50 bits per heavy atom. The summed E-state index contributed by atoms with van der Waals surface area (Å²) < 4.78 is 36.1. The molecule has 0 fully saturated rings. The van der Waals surface area contributed by atoms with Gasteiger partial charge in [-0.15, -0.1) is 0 Å². The largest absolute Gasteiger partial charge is 0.450 e. The van der Waals surface area contributed by atoms with Crippen molar-refractivity contribution in [2.45, 2.75) is 26.2 Å². The first kappa shape index (κ1) is 8.20. The minimum atomic E-state index is -0.417. The van der Waals surface area contributed by atoms with Crippen LogP contribution in [0.5, 0.6) is 23.0 Å². The Kier molecular flexibility index (Phi) is 1.72. The van der Waals surface area contributed by atoms with Crippen LogP contribution < -0.4 is 9.47 Å². The van der Waals surface area contributed by atoms with Gasteiger partial charge >= 0.3 is 0 Å². The minimum Gasteiger partial charge on any atom is -0.450 e. The van der Waals surface area contributed by atoms with Gasteiger partial charge < -0.3 is 9.47 Å². The van der Waals surface area contributed by atoms with Crippen LogP contribution >= 0.6 is 0 Å². The molecular weight excluding hydrogens is 224 g/mol. The van der Waals surface area contributed by atoms with Crippen LogP contribution in [0, 0.1) is 0 Å². The van der Waals surface area contributed by atoms with E-state index in [0.717, 1.165) is 0 Å². The molecule has 0 atom stereocenters. The lowest BCUT2D eigenvalue weighted by Gasteiger charge is -2.24. The average molecular weight is 243 g/mol. The highest BCUT2D eigenvalue weighted by Gasteiger charge is 2.21. The molecular formula is C16H16O2. The summed E-state index contributed by atoms with van der Waals surface area (Å²) in [6.45, 7) is 5.76. The summed E-state index contributed by atoms with van der Waals surface area (Å²) >= 11 is 0. The first-order valence-electron chi connectivity index (χ1n) is 7.39. The predicted octanol–water partition coefficient (Wildman–Crippen LogP) is 4.88. The Balaban J connectivity index is 2.26. The van der Waals surface area contributed by atoms with Crippen LogP contribution in [0.25, 0.3) is 0 Å². The summed E-state index contributed by atoms with van der Waals surface area (Å²) in [7, 11) is 0. The summed E-state index contributed by atoms with van der Waals surface area (Å²) in [5.74, 6) is 1.40. The fraction of sp³-hybridized carbons (Fsp3) is 0.250. The van der Waals surface area contributed by atoms with Gasteiger partial charge in [0.1, 0.15) is 0 Å². The van der Waals surface area contributed by atoms with Crippen molar-refractivity contribution >= 4 is 0 Å². The zero-order valence-electron chi connectivity index (χ0n) is 13.6. The smallest absolute Gasteiger partial charge is 0.170 e. The fourth-order valence-corrected chi connectivity index (χ4v) is 1.74. The molecule has 2 aromatic rings. The molecule has 3 rings (SSSR count). The van der Waals surface area contributed by atoms with Gasteiger partial charge in [0.05, 0.1) is 4.11 Å². The lowest BCUT2D eigenvalue weighted by molar-refractivity contribution is 0.358. The lowest BCUT2D eigenvalue weighted by atomic mass is 9.87. The van der Waals surface area contributed by atoms with E-state index >= 15 is 0 Å². The van der Waals surface area contributed by atoms with Gasteiger partial charge in [-0.2, -0.15) is 0 Å². The van der Waals surface area contributed by atoms with E-state index in [2.05, 4.69) is 0 Å². The van der Waals surface area contributed by atoms with Crippen LogP contribution in [0.4, 0.5) is 0 Å². The van der Waals surface area contributed by atoms with Crippen LogP contribution in [-0.2, 0) is 5.41 Å². The van der Waals surface area contributed by atoms with Gasteiger partial charge in [0, 0.05) is 0 Å². The summed E-state index contributed by atoms with van der Waals surface area (Å²) in [5, 5.41) is 0. The molecule has 0 saturated carbocycles. The van der Waals surface area contributed by atoms with Crippen molar-refractivity contribution in [1.29, 1.82) is 0 Å². The maximum Gasteiger partial charge on any atom is 0.170 e. The standard InChI is InChI=1S/C16H16O2/c1-16(2,3)11-8-9-14-15(10-11)18-13-7-5-4-6-12(13)17-14/h4-10H,1-3H3/i8D,9D,10D. The van der Waals surface area contributed by atoms with E-state index in [0.29, 0.717) is 17.1 Å². The average Bonchev–Trinajstić information content (AvgIpc) is 2.42. The van der Waals surface area contributed by atoms with Gasteiger partial charge in [0.2, 0.25) is 0 Å². The van der Waals surface area contributed by atoms with Gasteiger partial charge in [-0.1, -0.05) is 38.9 Å². The van der Waals surface area contributed by atoms with Gasteiger partial charge in [-0.25, -0.2) is 0 Å². The molecule has 0 N–H and O–H groups in total. The van der Waals surface area contributed by atoms with E-state index in [1.807, 2.05) is 32.9 Å². The number of hydrogen-bond acceptors (Lipinski definition) is 2. The maximum atomic E-state index is 8.35. The molecule has 2 nitrogen and oxygen atoms in total. The monoisotopic (exact) mass is 243 g/mol. The van der Waals surface area contributed by atoms with Crippen LogP contribution in [0.2, 0.25) is 0 Å². The molecule has 0 spiro atoms. The molecule has 0 bridgehead atoms. The molecule has 18 heavy (non-hydrogen) atoms. The van der Waals surface area contributed by atoms with Crippen LogP contribution in [0.1, 0.15) is 30.4 Å². The first-order valence-corrected chi connectivity index (χ1v) is 5.89. The maximum absolute atomic E-state index is 8.35. The first-order chi connectivity index (χ1) is 9.80. The zero-order chi connectivity index (χ0) is 15.4. The molecule has 1 heterocycles. The minimum absolute atomic E-state index is 0.0224. The number of rotatable bonds is 0. The molecule has 2 aromatic carbocycles. The Morgan fingerprint density at radius 1 is 0.889 bits per heavy atom. The Bertz CT molecular complexity index is 733. The summed E-state index contributed by atoms with van der Waals surface area (Å²) in [4.78, 5) is 0. The quantitative estimate of drug-likeness (QED) is 0.560. The van der Waals surface area contributed by atoms with Crippen molar-refractivity contribution in [3.8, 4) is 23.0 Å². The molecule has 0 aliphatic carbocycles. The molecule has 0 aromatic heterocycles. The van der Waals surface area contributed by atoms with E-state index in [1.165, 1.54) is 0 Å². The van der Waals surface area contributed by atoms with Crippen molar-refractivity contribution in [3.05, 3.63) is 48.0 Å². The lowest BCUT2D eigenvalue weighted by Crippen LogP contribution is -2.11. The number of ether oxygens (including phenoxy) is 2. The third kappa shape index (κ3) is 1.84. The second-order valence-electron chi connectivity index (χ2n) is 5.31. The van der Waals surface area contributed by atoms with Gasteiger partial charge in [0.15, 0.2) is 23.0 Å². The zero-order valence-corrected chi connectivity index (χ0v) is 10.6. The van der Waals surface area contributed by atoms with Gasteiger partial charge in [-0.05, 0) is 35.2 Å². The van der Waals surface area contributed by atoms with Crippen LogP contribution in [-0.4, -0.2) is 0 Å². The summed E-state index contributed by atoms with van der Waals surface area (Å²) in [6.07, 6.45) is 0. The van der Waals surface area contributed by atoms with E-state index < -0.39 is 5.41 Å². The van der Waals surface area contributed by atoms with Crippen LogP contribution in [0.15, 0.2) is 42.4 Å². The topological polar surface area (TPSA) is 18.5 Å². The number of fused-ring (bicyclic) bond motifs is 2. The van der Waals surface area contributed by atoms with Crippen molar-refractivity contribution in [2.24, 2.45) is 0 Å². The third-order valence-corrected chi connectivity index (χ3v) is 2.77. The highest BCUT2D eigenvalue weighted by Crippen LogP contribution is 2.46. The molecule has 2 heteroatoms. The van der Waals surface area contributed by atoms with E-state index in [4.69, 9.17) is 13.6 Å². The highest BCUT2D eigenvalue weighted by atomic mass is 16.6. The van der Waals surface area contributed by atoms with Crippen molar-refractivity contribution < 1.29 is 13.6 Å². The molecule has 1 aliphatic rings. The van der Waals surface area contributed by atoms with Gasteiger partial charge in [0.25, 0.3) is 0 Å². The van der Waals surface area contributed by atoms with Crippen molar-refractivity contribution in [1.82, 2.24) is 0 Å². The second-order valence-corrected chi connectivity index (χ2v) is 5.31. The Morgan fingerprint density at radius 3 is 2.11 bits per heavy atom. The Labute approximate surface area is 111 Å². The molecule has 0 unspecified atom stereocenters. The molecule has 1 aliphatic heterocycles. The molecule has 0 amide bonds. The number of hydrogen-bond donors (Lipinski definition) is 0. The fourth-order valence-electron chi connectivity index (χ4n) is 1.74. The number of para-hydroxylation sites is 2. The van der Waals surface area contributed by atoms with Gasteiger partial charge in [-0.3, -0.25) is 0 Å². The molecule has 0 saturated heterocycles. The second kappa shape index (κ2) is 3.77. The third-order valence-electron chi connectivity index (χ3n) is 2.77. The summed E-state index contributed by atoms with van der Waals surface area (Å²) in [6, 6.07) is 7.23. The van der Waals surface area contributed by atoms with Crippen molar-refractivity contribution in [3.63, 3.8) is 0 Å². The SMILES string of the molecule is [2H]c1c([2H])c(C(C)(C)C)c([2H])c2c1Oc1ccccc1O2. The molecule has 0 radical (unpaired) electrons.